The van der Waals surface area contributed by atoms with Gasteiger partial charge in [-0.15, -0.1) is 0 Å². The van der Waals surface area contributed by atoms with Gasteiger partial charge in [0.1, 0.15) is 11.5 Å². The van der Waals surface area contributed by atoms with Crippen molar-refractivity contribution in [3.05, 3.63) is 89.5 Å². The maximum absolute atomic E-state index is 13.8. The molecule has 0 fully saturated rings. The van der Waals surface area contributed by atoms with Crippen LogP contribution in [0.15, 0.2) is 71.5 Å². The van der Waals surface area contributed by atoms with Gasteiger partial charge in [0.05, 0.1) is 5.56 Å². The van der Waals surface area contributed by atoms with Gasteiger partial charge in [-0.25, -0.2) is 4.39 Å². The third-order valence-electron chi connectivity index (χ3n) is 5.23. The van der Waals surface area contributed by atoms with Crippen molar-refractivity contribution in [3.63, 3.8) is 0 Å². The zero-order valence-electron chi connectivity index (χ0n) is 17.4. The standard InChI is InChI=1S/C25H22FN3O2/c1-16-5-3-4-6-18(16)8-10-22(30)28-25-23(19-11-13-27-14-12-19)24(29-31-25)20-7-9-21(26)17(2)15-20/h3-7,9,11-15H,8,10H2,1-2H3,(H,28,30). The van der Waals surface area contributed by atoms with Crippen molar-refractivity contribution < 1.29 is 13.7 Å². The van der Waals surface area contributed by atoms with E-state index in [4.69, 9.17) is 4.52 Å². The van der Waals surface area contributed by atoms with E-state index in [1.165, 1.54) is 6.07 Å². The summed E-state index contributed by atoms with van der Waals surface area (Å²) in [5, 5.41) is 7.04. The van der Waals surface area contributed by atoms with Crippen LogP contribution >= 0.6 is 0 Å². The number of nitrogens with one attached hydrogen (secondary N) is 1. The summed E-state index contributed by atoms with van der Waals surface area (Å²) < 4.78 is 19.3. The summed E-state index contributed by atoms with van der Waals surface area (Å²) in [6.07, 6.45) is 4.26. The monoisotopic (exact) mass is 415 g/mol. The van der Waals surface area contributed by atoms with Crippen LogP contribution in [0.1, 0.15) is 23.1 Å². The first kappa shape index (κ1) is 20.5. The third-order valence-corrected chi connectivity index (χ3v) is 5.23. The lowest BCUT2D eigenvalue weighted by Gasteiger charge is -2.08. The Morgan fingerprint density at radius 2 is 1.77 bits per heavy atom. The van der Waals surface area contributed by atoms with E-state index in [2.05, 4.69) is 15.5 Å². The summed E-state index contributed by atoms with van der Waals surface area (Å²) in [6, 6.07) is 16.4. The van der Waals surface area contributed by atoms with Crippen molar-refractivity contribution in [1.29, 1.82) is 0 Å². The molecule has 0 aliphatic carbocycles. The van der Waals surface area contributed by atoms with Crippen LogP contribution in [0.4, 0.5) is 10.3 Å². The molecule has 0 radical (unpaired) electrons. The number of hydrogen-bond acceptors (Lipinski definition) is 4. The van der Waals surface area contributed by atoms with Crippen molar-refractivity contribution in [3.8, 4) is 22.4 Å². The summed E-state index contributed by atoms with van der Waals surface area (Å²) in [5.41, 5.74) is 5.46. The Bertz CT molecular complexity index is 1220. The van der Waals surface area contributed by atoms with Crippen molar-refractivity contribution >= 4 is 11.8 Å². The average Bonchev–Trinajstić information content (AvgIpc) is 3.19. The van der Waals surface area contributed by atoms with Crippen LogP contribution in [-0.4, -0.2) is 16.0 Å². The molecule has 1 amide bonds. The number of carbonyl (C=O) groups excluding carboxylic acids is 1. The zero-order valence-corrected chi connectivity index (χ0v) is 17.4. The highest BCUT2D eigenvalue weighted by molar-refractivity contribution is 5.97. The number of aromatic nitrogens is 2. The van der Waals surface area contributed by atoms with Gasteiger partial charge in [-0.05, 0) is 72.9 Å². The van der Waals surface area contributed by atoms with Gasteiger partial charge in [0.15, 0.2) is 0 Å². The van der Waals surface area contributed by atoms with Gasteiger partial charge in [-0.1, -0.05) is 29.4 Å². The molecule has 0 saturated carbocycles. The van der Waals surface area contributed by atoms with Gasteiger partial charge in [0, 0.05) is 24.4 Å². The summed E-state index contributed by atoms with van der Waals surface area (Å²) in [5.74, 6) is -0.197. The van der Waals surface area contributed by atoms with Crippen molar-refractivity contribution in [2.24, 2.45) is 0 Å². The quantitative estimate of drug-likeness (QED) is 0.437. The van der Waals surface area contributed by atoms with E-state index in [1.54, 1.807) is 31.5 Å². The van der Waals surface area contributed by atoms with Crippen LogP contribution in [0.5, 0.6) is 0 Å². The van der Waals surface area contributed by atoms with Crippen LogP contribution in [-0.2, 0) is 11.2 Å². The van der Waals surface area contributed by atoms with Crippen LogP contribution in [0.25, 0.3) is 22.4 Å². The third kappa shape index (κ3) is 4.53. The molecule has 5 nitrogen and oxygen atoms in total. The highest BCUT2D eigenvalue weighted by atomic mass is 19.1. The molecule has 1 N–H and O–H groups in total. The number of hydrogen-bond donors (Lipinski definition) is 1. The van der Waals surface area contributed by atoms with Gasteiger partial charge >= 0.3 is 0 Å². The van der Waals surface area contributed by atoms with Crippen LogP contribution in [0, 0.1) is 19.7 Å². The molecule has 0 aliphatic heterocycles. The van der Waals surface area contributed by atoms with Crippen LogP contribution < -0.4 is 5.32 Å². The second-order valence-corrected chi connectivity index (χ2v) is 7.41. The molecule has 0 saturated heterocycles. The Morgan fingerprint density at radius 3 is 2.52 bits per heavy atom. The largest absolute Gasteiger partial charge is 0.337 e. The lowest BCUT2D eigenvalue weighted by atomic mass is 10.00. The van der Waals surface area contributed by atoms with E-state index in [-0.39, 0.29) is 17.6 Å². The molecule has 2 heterocycles. The number of pyridine rings is 1. The van der Waals surface area contributed by atoms with E-state index < -0.39 is 0 Å². The second kappa shape index (κ2) is 8.92. The number of aryl methyl sites for hydroxylation is 3. The minimum atomic E-state index is -0.289. The fraction of sp³-hybridized carbons (Fsp3) is 0.160. The van der Waals surface area contributed by atoms with Crippen molar-refractivity contribution in [2.75, 3.05) is 5.32 Å². The van der Waals surface area contributed by atoms with Crippen molar-refractivity contribution in [1.82, 2.24) is 10.1 Å². The first-order valence-corrected chi connectivity index (χ1v) is 10.0. The zero-order chi connectivity index (χ0) is 21.8. The molecule has 31 heavy (non-hydrogen) atoms. The normalized spacial score (nSPS) is 10.8. The topological polar surface area (TPSA) is 68.0 Å². The van der Waals surface area contributed by atoms with Gasteiger partial charge < -0.3 is 4.52 Å². The maximum Gasteiger partial charge on any atom is 0.239 e. The van der Waals surface area contributed by atoms with E-state index in [0.29, 0.717) is 35.2 Å². The number of benzene rings is 2. The molecule has 4 aromatic rings. The molecule has 0 unspecified atom stereocenters. The van der Waals surface area contributed by atoms with E-state index in [1.807, 2.05) is 43.3 Å². The lowest BCUT2D eigenvalue weighted by molar-refractivity contribution is -0.116. The maximum atomic E-state index is 13.8. The molecule has 4 rings (SSSR count). The lowest BCUT2D eigenvalue weighted by Crippen LogP contribution is -2.12. The highest BCUT2D eigenvalue weighted by Crippen LogP contribution is 2.38. The highest BCUT2D eigenvalue weighted by Gasteiger charge is 2.21. The number of anilines is 1. The number of nitrogens with zero attached hydrogens (tertiary/aromatic N) is 2. The SMILES string of the molecule is Cc1cc(-c2noc(NC(=O)CCc3ccccc3C)c2-c2ccncc2)ccc1F. The first-order valence-electron chi connectivity index (χ1n) is 10.0. The summed E-state index contributed by atoms with van der Waals surface area (Å²) >= 11 is 0. The molecule has 0 aliphatic rings. The summed E-state index contributed by atoms with van der Waals surface area (Å²) in [6.45, 7) is 3.72. The molecule has 0 atom stereocenters. The number of carbonyl (C=O) groups is 1. The minimum absolute atomic E-state index is 0.170. The minimum Gasteiger partial charge on any atom is -0.337 e. The Labute approximate surface area is 179 Å². The Kier molecular flexibility index (Phi) is 5.89. The smallest absolute Gasteiger partial charge is 0.239 e. The summed E-state index contributed by atoms with van der Waals surface area (Å²) in [4.78, 5) is 16.7. The molecule has 2 aromatic heterocycles. The van der Waals surface area contributed by atoms with Gasteiger partial charge in [0.2, 0.25) is 11.8 Å². The second-order valence-electron chi connectivity index (χ2n) is 7.41. The molecule has 156 valence electrons. The van der Waals surface area contributed by atoms with Gasteiger partial charge in [0.25, 0.3) is 0 Å². The van der Waals surface area contributed by atoms with E-state index in [9.17, 15) is 9.18 Å². The molecular formula is C25H22FN3O2. The Balaban J connectivity index is 1.63. The van der Waals surface area contributed by atoms with Crippen molar-refractivity contribution in [2.45, 2.75) is 26.7 Å². The number of amides is 1. The fourth-order valence-electron chi connectivity index (χ4n) is 3.48. The Morgan fingerprint density at radius 1 is 1.00 bits per heavy atom. The predicted octanol–water partition coefficient (Wildman–Crippen LogP) is 5.73. The van der Waals surface area contributed by atoms with E-state index >= 15 is 0 Å². The fourth-order valence-corrected chi connectivity index (χ4v) is 3.48. The first-order chi connectivity index (χ1) is 15.0. The van der Waals surface area contributed by atoms with Gasteiger partial charge in [-0.2, -0.15) is 0 Å². The molecule has 2 aromatic carbocycles. The van der Waals surface area contributed by atoms with Crippen LogP contribution in [0.2, 0.25) is 0 Å². The number of halogens is 1. The molecule has 0 spiro atoms. The average molecular weight is 415 g/mol. The molecular weight excluding hydrogens is 393 g/mol. The summed E-state index contributed by atoms with van der Waals surface area (Å²) in [7, 11) is 0. The van der Waals surface area contributed by atoms with Gasteiger partial charge in [-0.3, -0.25) is 15.1 Å². The predicted molar refractivity (Wildman–Crippen MR) is 118 cm³/mol. The Hall–Kier alpha value is -3.80. The molecule has 6 heteroatoms. The van der Waals surface area contributed by atoms with E-state index in [0.717, 1.165) is 16.7 Å². The number of rotatable bonds is 6. The van der Waals surface area contributed by atoms with Crippen LogP contribution in [0.3, 0.4) is 0 Å². The molecule has 0 bridgehead atoms.